The molecule has 1 aliphatic rings. The Bertz CT molecular complexity index is 505. The Morgan fingerprint density at radius 1 is 1.50 bits per heavy atom. The fourth-order valence-electron chi connectivity index (χ4n) is 1.88. The highest BCUT2D eigenvalue weighted by atomic mass is 35.5. The number of carboxylic acid groups (broad SMARTS) is 1. The fraction of sp³-hybridized carbons (Fsp3) is 0.417. The summed E-state index contributed by atoms with van der Waals surface area (Å²) >= 11 is 1.51. The maximum atomic E-state index is 11.8. The number of carboxylic acids is 1. The Morgan fingerprint density at radius 3 is 2.70 bits per heavy atom. The molecule has 2 heterocycles. The van der Waals surface area contributed by atoms with Gasteiger partial charge in [0, 0.05) is 30.2 Å². The summed E-state index contributed by atoms with van der Waals surface area (Å²) in [4.78, 5) is 29.2. The van der Waals surface area contributed by atoms with Crippen LogP contribution in [-0.4, -0.2) is 40.0 Å². The molecule has 20 heavy (non-hydrogen) atoms. The van der Waals surface area contributed by atoms with Crippen molar-refractivity contribution in [1.29, 1.82) is 0 Å². The van der Waals surface area contributed by atoms with E-state index in [9.17, 15) is 9.59 Å². The van der Waals surface area contributed by atoms with Crippen LogP contribution in [-0.2, 0) is 9.59 Å². The normalized spacial score (nSPS) is 17.6. The topological polar surface area (TPSA) is 70.5 Å². The van der Waals surface area contributed by atoms with Crippen LogP contribution >= 0.6 is 36.2 Å². The van der Waals surface area contributed by atoms with Crippen LogP contribution in [0.1, 0.15) is 16.3 Å². The van der Waals surface area contributed by atoms with E-state index in [1.807, 2.05) is 6.92 Å². The van der Waals surface area contributed by atoms with Crippen LogP contribution in [0.4, 0.5) is 0 Å². The summed E-state index contributed by atoms with van der Waals surface area (Å²) in [6.07, 6.45) is 5.46. The largest absolute Gasteiger partial charge is 0.481 e. The zero-order valence-corrected chi connectivity index (χ0v) is 13.3. The Morgan fingerprint density at radius 2 is 2.20 bits per heavy atom. The first-order valence-electron chi connectivity index (χ1n) is 5.68. The monoisotopic (exact) mass is 338 g/mol. The smallest absolute Gasteiger partial charge is 0.308 e. The minimum atomic E-state index is -0.827. The molecule has 112 valence electrons. The van der Waals surface area contributed by atoms with Crippen LogP contribution < -0.4 is 0 Å². The van der Waals surface area contributed by atoms with Crippen LogP contribution in [0.5, 0.6) is 0 Å². The van der Waals surface area contributed by atoms with E-state index >= 15 is 0 Å². The number of aromatic nitrogens is 1. The summed E-state index contributed by atoms with van der Waals surface area (Å²) in [5, 5.41) is 9.81. The number of thiazole rings is 1. The number of hydrogen-bond donors (Lipinski definition) is 1. The highest BCUT2D eigenvalue weighted by Crippen LogP contribution is 2.18. The lowest BCUT2D eigenvalue weighted by atomic mass is 10.1. The SMILES string of the molecule is Cc1ncc(C=CC(=O)N2CCC(C(=O)O)C2)s1.Cl.Cl. The minimum Gasteiger partial charge on any atom is -0.481 e. The summed E-state index contributed by atoms with van der Waals surface area (Å²) in [6, 6.07) is 0. The number of rotatable bonds is 3. The average Bonchev–Trinajstić information content (AvgIpc) is 2.94. The number of nitrogens with zero attached hydrogens (tertiary/aromatic N) is 2. The zero-order valence-electron chi connectivity index (χ0n) is 10.8. The first-order chi connectivity index (χ1) is 8.56. The van der Waals surface area contributed by atoms with Gasteiger partial charge < -0.3 is 10.0 Å². The molecule has 0 aliphatic carbocycles. The molecule has 1 aromatic rings. The summed E-state index contributed by atoms with van der Waals surface area (Å²) in [5.41, 5.74) is 0. The zero-order chi connectivity index (χ0) is 13.1. The van der Waals surface area contributed by atoms with Gasteiger partial charge in [-0.05, 0) is 19.4 Å². The maximum Gasteiger partial charge on any atom is 0.308 e. The van der Waals surface area contributed by atoms with Crippen LogP contribution in [0, 0.1) is 12.8 Å². The van der Waals surface area contributed by atoms with Gasteiger partial charge in [-0.1, -0.05) is 0 Å². The number of carbonyl (C=O) groups excluding carboxylic acids is 1. The molecule has 1 aliphatic heterocycles. The third-order valence-electron chi connectivity index (χ3n) is 2.88. The molecule has 1 saturated heterocycles. The number of aliphatic carboxylic acids is 1. The summed E-state index contributed by atoms with van der Waals surface area (Å²) in [7, 11) is 0. The lowest BCUT2D eigenvalue weighted by Gasteiger charge is -2.12. The Balaban J connectivity index is 0.00000180. The predicted molar refractivity (Wildman–Crippen MR) is 82.7 cm³/mol. The molecule has 1 aromatic heterocycles. The van der Waals surface area contributed by atoms with Crippen molar-refractivity contribution in [3.63, 3.8) is 0 Å². The number of aryl methyl sites for hydroxylation is 1. The van der Waals surface area contributed by atoms with Crippen molar-refractivity contribution in [2.45, 2.75) is 13.3 Å². The van der Waals surface area contributed by atoms with Gasteiger partial charge in [-0.25, -0.2) is 4.98 Å². The van der Waals surface area contributed by atoms with E-state index in [4.69, 9.17) is 5.11 Å². The van der Waals surface area contributed by atoms with Crippen molar-refractivity contribution in [3.8, 4) is 0 Å². The fourth-order valence-corrected chi connectivity index (χ4v) is 2.56. The predicted octanol–water partition coefficient (Wildman–Crippen LogP) is 2.24. The van der Waals surface area contributed by atoms with Crippen LogP contribution in [0.25, 0.3) is 6.08 Å². The average molecular weight is 339 g/mol. The van der Waals surface area contributed by atoms with E-state index in [0.717, 1.165) is 9.88 Å². The number of carbonyl (C=O) groups is 2. The number of likely N-dealkylation sites (tertiary alicyclic amines) is 1. The minimum absolute atomic E-state index is 0. The van der Waals surface area contributed by atoms with Gasteiger partial charge in [-0.2, -0.15) is 0 Å². The molecule has 5 nitrogen and oxygen atoms in total. The van der Waals surface area contributed by atoms with Crippen molar-refractivity contribution in [2.75, 3.05) is 13.1 Å². The maximum absolute atomic E-state index is 11.8. The van der Waals surface area contributed by atoms with Crippen LogP contribution in [0.3, 0.4) is 0 Å². The standard InChI is InChI=1S/C12H14N2O3S.2ClH/c1-8-13-6-10(18-8)2-3-11(15)14-5-4-9(7-14)12(16)17;;/h2-3,6,9H,4-5,7H2,1H3,(H,16,17);2*1H. The first kappa shape index (κ1) is 18.9. The van der Waals surface area contributed by atoms with Crippen molar-refractivity contribution in [1.82, 2.24) is 9.88 Å². The first-order valence-corrected chi connectivity index (χ1v) is 6.50. The van der Waals surface area contributed by atoms with Gasteiger partial charge in [-0.3, -0.25) is 9.59 Å². The quantitative estimate of drug-likeness (QED) is 0.858. The molecule has 1 unspecified atom stereocenters. The highest BCUT2D eigenvalue weighted by molar-refractivity contribution is 7.12. The Kier molecular flexibility index (Phi) is 7.78. The van der Waals surface area contributed by atoms with Crippen LogP contribution in [0.15, 0.2) is 12.3 Å². The molecule has 8 heteroatoms. The van der Waals surface area contributed by atoms with E-state index in [1.54, 1.807) is 17.2 Å². The number of halogens is 2. The van der Waals surface area contributed by atoms with Gasteiger partial charge in [0.1, 0.15) is 0 Å². The Hall–Kier alpha value is -1.11. The molecule has 1 N–H and O–H groups in total. The third-order valence-corrected chi connectivity index (χ3v) is 3.76. The molecule has 0 radical (unpaired) electrons. The van der Waals surface area contributed by atoms with Crippen molar-refractivity contribution in [3.05, 3.63) is 22.2 Å². The van der Waals surface area contributed by atoms with Crippen LogP contribution in [0.2, 0.25) is 0 Å². The van der Waals surface area contributed by atoms with E-state index in [2.05, 4.69) is 4.98 Å². The van der Waals surface area contributed by atoms with E-state index in [0.29, 0.717) is 19.5 Å². The molecule has 0 saturated carbocycles. The molecule has 1 fully saturated rings. The summed E-state index contributed by atoms with van der Waals surface area (Å²) in [5.74, 6) is -1.38. The third kappa shape index (κ3) is 4.77. The number of hydrogen-bond acceptors (Lipinski definition) is 4. The van der Waals surface area contributed by atoms with Gasteiger partial charge in [-0.15, -0.1) is 36.2 Å². The Labute approximate surface area is 133 Å². The van der Waals surface area contributed by atoms with E-state index in [1.165, 1.54) is 17.4 Å². The van der Waals surface area contributed by atoms with E-state index < -0.39 is 11.9 Å². The van der Waals surface area contributed by atoms with Crippen molar-refractivity contribution in [2.24, 2.45) is 5.92 Å². The van der Waals surface area contributed by atoms with Gasteiger partial charge >= 0.3 is 5.97 Å². The number of amides is 1. The molecular formula is C12H16Cl2N2O3S. The second-order valence-corrected chi connectivity index (χ2v) is 5.49. The van der Waals surface area contributed by atoms with Gasteiger partial charge in [0.05, 0.1) is 10.9 Å². The van der Waals surface area contributed by atoms with Gasteiger partial charge in [0.2, 0.25) is 5.91 Å². The molecular weight excluding hydrogens is 323 g/mol. The van der Waals surface area contributed by atoms with Crippen molar-refractivity contribution < 1.29 is 14.7 Å². The second kappa shape index (κ2) is 8.24. The summed E-state index contributed by atoms with van der Waals surface area (Å²) < 4.78 is 0. The summed E-state index contributed by atoms with van der Waals surface area (Å²) in [6.45, 7) is 2.73. The highest BCUT2D eigenvalue weighted by Gasteiger charge is 2.29. The van der Waals surface area contributed by atoms with Gasteiger partial charge in [0.25, 0.3) is 0 Å². The molecule has 0 spiro atoms. The molecule has 1 atom stereocenters. The molecule has 0 bridgehead atoms. The second-order valence-electron chi connectivity index (χ2n) is 4.22. The lowest BCUT2D eigenvalue weighted by Crippen LogP contribution is -2.28. The molecule has 2 rings (SSSR count). The van der Waals surface area contributed by atoms with Crippen molar-refractivity contribution >= 4 is 54.1 Å². The molecule has 1 amide bonds. The lowest BCUT2D eigenvalue weighted by molar-refractivity contribution is -0.141. The van der Waals surface area contributed by atoms with Gasteiger partial charge in [0.15, 0.2) is 0 Å². The van der Waals surface area contributed by atoms with E-state index in [-0.39, 0.29) is 30.7 Å². The molecule has 0 aromatic carbocycles.